The Kier molecular flexibility index (Phi) is 2.84. The molecule has 4 aliphatic carbocycles. The Labute approximate surface area is 127 Å². The molecule has 0 radical (unpaired) electrons. The number of fused-ring (bicyclic) bond motifs is 4. The summed E-state index contributed by atoms with van der Waals surface area (Å²) in [4.78, 5) is 0. The highest BCUT2D eigenvalue weighted by Gasteiger charge is 2.52. The molecule has 0 heterocycles. The van der Waals surface area contributed by atoms with E-state index in [0.717, 1.165) is 25.7 Å². The van der Waals surface area contributed by atoms with Crippen molar-refractivity contribution in [2.45, 2.75) is 58.2 Å². The van der Waals surface area contributed by atoms with Crippen molar-refractivity contribution in [3.8, 4) is 0 Å². The number of hydrogen-bond donors (Lipinski definition) is 2. The van der Waals surface area contributed by atoms with E-state index in [4.69, 9.17) is 0 Å². The Morgan fingerprint density at radius 2 is 1.95 bits per heavy atom. The second kappa shape index (κ2) is 4.33. The molecule has 4 rings (SSSR count). The topological polar surface area (TPSA) is 40.5 Å². The zero-order valence-corrected chi connectivity index (χ0v) is 13.0. The van der Waals surface area contributed by atoms with Crippen LogP contribution in [0.15, 0.2) is 35.5 Å². The van der Waals surface area contributed by atoms with Gasteiger partial charge in [-0.3, -0.25) is 0 Å². The van der Waals surface area contributed by atoms with Gasteiger partial charge in [-0.1, -0.05) is 43.7 Å². The molecule has 0 bridgehead atoms. The summed E-state index contributed by atoms with van der Waals surface area (Å²) >= 11 is 0. The molecule has 0 unspecified atom stereocenters. The van der Waals surface area contributed by atoms with Gasteiger partial charge in [0, 0.05) is 11.3 Å². The van der Waals surface area contributed by atoms with E-state index in [9.17, 15) is 10.2 Å². The van der Waals surface area contributed by atoms with Gasteiger partial charge >= 0.3 is 0 Å². The second-order valence-corrected chi connectivity index (χ2v) is 8.09. The Morgan fingerprint density at radius 1 is 1.14 bits per heavy atom. The number of rotatable bonds is 0. The van der Waals surface area contributed by atoms with Gasteiger partial charge in [-0.2, -0.15) is 0 Å². The zero-order chi connectivity index (χ0) is 14.8. The first-order chi connectivity index (χ1) is 9.94. The molecule has 0 saturated carbocycles. The van der Waals surface area contributed by atoms with Crippen LogP contribution in [0.2, 0.25) is 0 Å². The molecule has 0 fully saturated rings. The standard InChI is InChI=1S/C19H26O2/c1-18-7-3-4-14(18)17-15(6-8-18)19(2)9-5-13(20)10-12(19)11-16(17)21/h3-5,9,12-14,16,20-21H,6-8,10-11H2,1-2H3/t12-,13-,14-,16-,18-,19-/m0/s1. The predicted molar refractivity (Wildman–Crippen MR) is 83.6 cm³/mol. The molecule has 0 aromatic carbocycles. The van der Waals surface area contributed by atoms with E-state index in [1.807, 2.05) is 6.08 Å². The maximum atomic E-state index is 10.8. The van der Waals surface area contributed by atoms with E-state index >= 15 is 0 Å². The van der Waals surface area contributed by atoms with Crippen molar-refractivity contribution in [2.75, 3.05) is 0 Å². The van der Waals surface area contributed by atoms with Crippen molar-refractivity contribution < 1.29 is 10.2 Å². The monoisotopic (exact) mass is 286 g/mol. The van der Waals surface area contributed by atoms with Gasteiger partial charge in [0.1, 0.15) is 0 Å². The molecule has 21 heavy (non-hydrogen) atoms. The Bertz CT molecular complexity index is 558. The van der Waals surface area contributed by atoms with E-state index < -0.39 is 0 Å². The molecule has 0 aliphatic heterocycles. The van der Waals surface area contributed by atoms with Gasteiger partial charge in [0.2, 0.25) is 0 Å². The van der Waals surface area contributed by atoms with Gasteiger partial charge in [-0.25, -0.2) is 0 Å². The minimum absolute atomic E-state index is 0.0472. The molecule has 6 atom stereocenters. The number of aliphatic hydroxyl groups is 2. The van der Waals surface area contributed by atoms with Gasteiger partial charge in [-0.05, 0) is 49.0 Å². The van der Waals surface area contributed by atoms with Crippen molar-refractivity contribution in [3.05, 3.63) is 35.5 Å². The number of allylic oxidation sites excluding steroid dienone is 4. The average Bonchev–Trinajstić information content (AvgIpc) is 2.82. The first-order valence-electron chi connectivity index (χ1n) is 8.40. The second-order valence-electron chi connectivity index (χ2n) is 8.09. The summed E-state index contributed by atoms with van der Waals surface area (Å²) in [6, 6.07) is 0. The van der Waals surface area contributed by atoms with Gasteiger partial charge in [-0.15, -0.1) is 0 Å². The fourth-order valence-corrected chi connectivity index (χ4v) is 5.45. The van der Waals surface area contributed by atoms with Crippen molar-refractivity contribution in [1.29, 1.82) is 0 Å². The summed E-state index contributed by atoms with van der Waals surface area (Å²) in [7, 11) is 0. The fraction of sp³-hybridized carbons (Fsp3) is 0.684. The van der Waals surface area contributed by atoms with Crippen LogP contribution in [0.1, 0.15) is 46.0 Å². The summed E-state index contributed by atoms with van der Waals surface area (Å²) in [6.45, 7) is 4.70. The molecule has 0 spiro atoms. The summed E-state index contributed by atoms with van der Waals surface area (Å²) in [6.07, 6.45) is 13.3. The normalized spacial score (nSPS) is 51.6. The largest absolute Gasteiger partial charge is 0.389 e. The maximum absolute atomic E-state index is 10.8. The SMILES string of the molecule is C[C@@]12CC=C[C@H]1C1=C(CC2)[C@@]2(C)C=C[C@H](O)C[C@H]2C[C@@H]1O. The molecule has 114 valence electrons. The lowest BCUT2D eigenvalue weighted by molar-refractivity contribution is 0.0517. The molecule has 0 aromatic heterocycles. The van der Waals surface area contributed by atoms with Crippen LogP contribution < -0.4 is 0 Å². The van der Waals surface area contributed by atoms with Crippen LogP contribution >= 0.6 is 0 Å². The molecule has 0 saturated heterocycles. The highest BCUT2D eigenvalue weighted by molar-refractivity contribution is 5.42. The van der Waals surface area contributed by atoms with E-state index in [1.165, 1.54) is 17.6 Å². The maximum Gasteiger partial charge on any atom is 0.0762 e. The molecule has 2 heteroatoms. The smallest absolute Gasteiger partial charge is 0.0762 e. The van der Waals surface area contributed by atoms with Crippen molar-refractivity contribution >= 4 is 0 Å². The van der Waals surface area contributed by atoms with Gasteiger partial charge in [0.25, 0.3) is 0 Å². The van der Waals surface area contributed by atoms with Crippen LogP contribution in [-0.4, -0.2) is 22.4 Å². The van der Waals surface area contributed by atoms with E-state index in [-0.39, 0.29) is 17.6 Å². The first kappa shape index (κ1) is 13.8. The predicted octanol–water partition coefficient (Wildman–Crippen LogP) is 3.37. The lowest BCUT2D eigenvalue weighted by Gasteiger charge is -2.53. The summed E-state index contributed by atoms with van der Waals surface area (Å²) in [5.41, 5.74) is 3.16. The molecule has 0 aromatic rings. The number of aliphatic hydroxyl groups excluding tert-OH is 2. The molecule has 2 nitrogen and oxygen atoms in total. The summed E-state index contributed by atoms with van der Waals surface area (Å²) < 4.78 is 0. The van der Waals surface area contributed by atoms with Crippen molar-refractivity contribution in [1.82, 2.24) is 0 Å². The zero-order valence-electron chi connectivity index (χ0n) is 13.0. The van der Waals surface area contributed by atoms with Crippen LogP contribution in [0.4, 0.5) is 0 Å². The van der Waals surface area contributed by atoms with Crippen LogP contribution in [0.5, 0.6) is 0 Å². The third kappa shape index (κ3) is 1.78. The minimum atomic E-state index is -0.336. The van der Waals surface area contributed by atoms with E-state index in [2.05, 4.69) is 32.1 Å². The lowest BCUT2D eigenvalue weighted by atomic mass is 9.52. The first-order valence-corrected chi connectivity index (χ1v) is 8.40. The van der Waals surface area contributed by atoms with Crippen molar-refractivity contribution in [3.63, 3.8) is 0 Å². The Balaban J connectivity index is 1.85. The Morgan fingerprint density at radius 3 is 2.76 bits per heavy atom. The molecule has 4 aliphatic rings. The van der Waals surface area contributed by atoms with Crippen LogP contribution in [0, 0.1) is 22.7 Å². The minimum Gasteiger partial charge on any atom is -0.389 e. The van der Waals surface area contributed by atoms with Crippen LogP contribution in [0.3, 0.4) is 0 Å². The fourth-order valence-electron chi connectivity index (χ4n) is 5.45. The van der Waals surface area contributed by atoms with Gasteiger partial charge < -0.3 is 10.2 Å². The number of hydrogen-bond acceptors (Lipinski definition) is 2. The van der Waals surface area contributed by atoms with Crippen LogP contribution in [0.25, 0.3) is 0 Å². The molecular weight excluding hydrogens is 260 g/mol. The third-order valence-electron chi connectivity index (χ3n) is 6.85. The summed E-state index contributed by atoms with van der Waals surface area (Å²) in [5, 5.41) is 20.7. The summed E-state index contributed by atoms with van der Waals surface area (Å²) in [5.74, 6) is 0.801. The van der Waals surface area contributed by atoms with Gasteiger partial charge in [0.15, 0.2) is 0 Å². The van der Waals surface area contributed by atoms with E-state index in [1.54, 1.807) is 0 Å². The van der Waals surface area contributed by atoms with E-state index in [0.29, 0.717) is 17.3 Å². The highest BCUT2D eigenvalue weighted by Crippen LogP contribution is 2.60. The van der Waals surface area contributed by atoms with Gasteiger partial charge in [0.05, 0.1) is 12.2 Å². The average molecular weight is 286 g/mol. The Hall–Kier alpha value is -0.860. The quantitative estimate of drug-likeness (QED) is 0.670. The molecular formula is C19H26O2. The highest BCUT2D eigenvalue weighted by atomic mass is 16.3. The van der Waals surface area contributed by atoms with Crippen molar-refractivity contribution in [2.24, 2.45) is 22.7 Å². The third-order valence-corrected chi connectivity index (χ3v) is 6.85. The molecule has 0 amide bonds. The van der Waals surface area contributed by atoms with Crippen LogP contribution in [-0.2, 0) is 0 Å². The molecule has 2 N–H and O–H groups in total. The lowest BCUT2D eigenvalue weighted by Crippen LogP contribution is -2.46.